The zero-order chi connectivity index (χ0) is 15.4. The highest BCUT2D eigenvalue weighted by Crippen LogP contribution is 2.33. The Morgan fingerprint density at radius 2 is 1.95 bits per heavy atom. The Morgan fingerprint density at radius 3 is 2.52 bits per heavy atom. The van der Waals surface area contributed by atoms with Gasteiger partial charge in [0.05, 0.1) is 5.57 Å². The summed E-state index contributed by atoms with van der Waals surface area (Å²) in [6, 6.07) is 10.2. The molecule has 1 aromatic carbocycles. The predicted molar refractivity (Wildman–Crippen MR) is 85.9 cm³/mol. The predicted octanol–water partition coefficient (Wildman–Crippen LogP) is 4.20. The van der Waals surface area contributed by atoms with Crippen LogP contribution in [0.5, 0.6) is 0 Å². The Kier molecular flexibility index (Phi) is 4.94. The molecular weight excluding hydrogens is 262 g/mol. The lowest BCUT2D eigenvalue weighted by Crippen LogP contribution is -2.27. The molecule has 1 atom stereocenters. The van der Waals surface area contributed by atoms with E-state index in [1.807, 2.05) is 39.0 Å². The van der Waals surface area contributed by atoms with Crippen LogP contribution in [0.15, 0.2) is 46.7 Å². The molecule has 3 heteroatoms. The van der Waals surface area contributed by atoms with Gasteiger partial charge < -0.3 is 5.11 Å². The van der Waals surface area contributed by atoms with Crippen molar-refractivity contribution in [3.05, 3.63) is 47.2 Å². The minimum Gasteiger partial charge on any atom is -0.512 e. The SMILES string of the molecule is CC/C(O)=C1\C(=O)CC(c2ccccc2)CC1=NC(C)C. The Bertz CT molecular complexity index is 570. The van der Waals surface area contributed by atoms with Crippen LogP contribution in [-0.2, 0) is 4.79 Å². The van der Waals surface area contributed by atoms with Crippen LogP contribution in [0, 0.1) is 0 Å². The fraction of sp³-hybridized carbons (Fsp3) is 0.444. The molecule has 0 radical (unpaired) electrons. The second-order valence-corrected chi connectivity index (χ2v) is 5.78. The van der Waals surface area contributed by atoms with Crippen molar-refractivity contribution in [1.82, 2.24) is 0 Å². The van der Waals surface area contributed by atoms with Gasteiger partial charge in [-0.1, -0.05) is 37.3 Å². The van der Waals surface area contributed by atoms with E-state index < -0.39 is 0 Å². The molecule has 2 rings (SSSR count). The molecule has 112 valence electrons. The second kappa shape index (κ2) is 6.70. The molecule has 0 aromatic heterocycles. The highest BCUT2D eigenvalue weighted by Gasteiger charge is 2.32. The average Bonchev–Trinajstić information content (AvgIpc) is 2.46. The van der Waals surface area contributed by atoms with E-state index in [0.29, 0.717) is 24.8 Å². The van der Waals surface area contributed by atoms with E-state index in [9.17, 15) is 9.90 Å². The van der Waals surface area contributed by atoms with E-state index in [1.165, 1.54) is 0 Å². The molecule has 1 aromatic rings. The maximum absolute atomic E-state index is 12.5. The molecule has 0 amide bonds. The average molecular weight is 285 g/mol. The number of allylic oxidation sites excluding steroid dienone is 2. The Labute approximate surface area is 126 Å². The van der Waals surface area contributed by atoms with Gasteiger partial charge in [-0.2, -0.15) is 0 Å². The normalized spacial score (nSPS) is 23.7. The van der Waals surface area contributed by atoms with Crippen molar-refractivity contribution < 1.29 is 9.90 Å². The third kappa shape index (κ3) is 3.60. The number of aliphatic imine (C=N–C) groups is 1. The van der Waals surface area contributed by atoms with Gasteiger partial charge in [-0.3, -0.25) is 9.79 Å². The molecule has 0 aliphatic heterocycles. The fourth-order valence-corrected chi connectivity index (χ4v) is 2.79. The molecule has 0 bridgehead atoms. The van der Waals surface area contributed by atoms with Crippen LogP contribution in [0.25, 0.3) is 0 Å². The number of ketones is 1. The smallest absolute Gasteiger partial charge is 0.168 e. The minimum atomic E-state index is 0.00820. The van der Waals surface area contributed by atoms with Crippen LogP contribution < -0.4 is 0 Å². The first-order valence-corrected chi connectivity index (χ1v) is 7.60. The molecule has 1 unspecified atom stereocenters. The molecule has 1 aliphatic carbocycles. The lowest BCUT2D eigenvalue weighted by Gasteiger charge is -2.26. The summed E-state index contributed by atoms with van der Waals surface area (Å²) in [4.78, 5) is 17.1. The standard InChI is InChI=1S/C18H23NO2/c1-4-16(20)18-15(19-12(2)3)10-14(11-17(18)21)13-8-6-5-7-9-13/h5-9,12,14,20H,4,10-11H2,1-3H3/b18-16+,19-15?. The molecule has 1 aliphatic rings. The molecule has 1 fully saturated rings. The van der Waals surface area contributed by atoms with Gasteiger partial charge in [0, 0.05) is 24.6 Å². The molecule has 0 saturated heterocycles. The summed E-state index contributed by atoms with van der Waals surface area (Å²) < 4.78 is 0. The Hall–Kier alpha value is -1.90. The summed E-state index contributed by atoms with van der Waals surface area (Å²) in [6.07, 6.45) is 1.63. The molecule has 1 saturated carbocycles. The van der Waals surface area contributed by atoms with Gasteiger partial charge in [0.15, 0.2) is 5.78 Å². The van der Waals surface area contributed by atoms with Crippen LogP contribution in [-0.4, -0.2) is 22.6 Å². The van der Waals surface area contributed by atoms with Gasteiger partial charge in [-0.25, -0.2) is 0 Å². The minimum absolute atomic E-state index is 0.00820. The summed E-state index contributed by atoms with van der Waals surface area (Å²) in [5.41, 5.74) is 2.38. The Balaban J connectivity index is 2.39. The summed E-state index contributed by atoms with van der Waals surface area (Å²) in [5, 5.41) is 10.1. The molecular formula is C18H23NO2. The number of carbonyl (C=O) groups is 1. The van der Waals surface area contributed by atoms with E-state index in [-0.39, 0.29) is 23.5 Å². The van der Waals surface area contributed by atoms with Crippen LogP contribution in [0.3, 0.4) is 0 Å². The van der Waals surface area contributed by atoms with Crippen molar-refractivity contribution in [3.63, 3.8) is 0 Å². The molecule has 21 heavy (non-hydrogen) atoms. The quantitative estimate of drug-likeness (QED) is 0.668. The van der Waals surface area contributed by atoms with Gasteiger partial charge >= 0.3 is 0 Å². The van der Waals surface area contributed by atoms with Gasteiger partial charge in [0.1, 0.15) is 5.76 Å². The van der Waals surface area contributed by atoms with E-state index >= 15 is 0 Å². The van der Waals surface area contributed by atoms with Crippen molar-refractivity contribution in [3.8, 4) is 0 Å². The molecule has 3 nitrogen and oxygen atoms in total. The summed E-state index contributed by atoms with van der Waals surface area (Å²) >= 11 is 0. The van der Waals surface area contributed by atoms with Crippen LogP contribution in [0.4, 0.5) is 0 Å². The van der Waals surface area contributed by atoms with Crippen molar-refractivity contribution in [2.75, 3.05) is 0 Å². The number of Topliss-reactive ketones (excluding diaryl/α,β-unsaturated/α-hetero) is 1. The summed E-state index contributed by atoms with van der Waals surface area (Å²) in [5.74, 6) is 0.337. The van der Waals surface area contributed by atoms with Crippen molar-refractivity contribution in [1.29, 1.82) is 0 Å². The van der Waals surface area contributed by atoms with E-state index in [1.54, 1.807) is 0 Å². The first-order chi connectivity index (χ1) is 10.0. The van der Waals surface area contributed by atoms with Crippen LogP contribution in [0.1, 0.15) is 51.5 Å². The second-order valence-electron chi connectivity index (χ2n) is 5.78. The maximum atomic E-state index is 12.5. The van der Waals surface area contributed by atoms with E-state index in [0.717, 1.165) is 11.3 Å². The highest BCUT2D eigenvalue weighted by molar-refractivity contribution is 6.24. The zero-order valence-corrected chi connectivity index (χ0v) is 13.0. The lowest BCUT2D eigenvalue weighted by atomic mass is 9.78. The Morgan fingerprint density at radius 1 is 1.29 bits per heavy atom. The van der Waals surface area contributed by atoms with Gasteiger partial charge in [0.2, 0.25) is 0 Å². The number of carbonyl (C=O) groups excluding carboxylic acids is 1. The number of aliphatic hydroxyl groups is 1. The number of hydrogen-bond acceptors (Lipinski definition) is 3. The van der Waals surface area contributed by atoms with Crippen LogP contribution in [0.2, 0.25) is 0 Å². The lowest BCUT2D eigenvalue weighted by molar-refractivity contribution is -0.115. The zero-order valence-electron chi connectivity index (χ0n) is 13.0. The fourth-order valence-electron chi connectivity index (χ4n) is 2.79. The highest BCUT2D eigenvalue weighted by atomic mass is 16.3. The van der Waals surface area contributed by atoms with Crippen molar-refractivity contribution >= 4 is 11.5 Å². The monoisotopic (exact) mass is 285 g/mol. The molecule has 0 spiro atoms. The number of benzene rings is 1. The summed E-state index contributed by atoms with van der Waals surface area (Å²) in [6.45, 7) is 5.83. The number of aliphatic hydroxyl groups excluding tert-OH is 1. The molecule has 1 N–H and O–H groups in total. The third-order valence-corrected chi connectivity index (χ3v) is 3.75. The first-order valence-electron chi connectivity index (χ1n) is 7.60. The maximum Gasteiger partial charge on any atom is 0.168 e. The number of rotatable bonds is 3. The van der Waals surface area contributed by atoms with Crippen LogP contribution >= 0.6 is 0 Å². The van der Waals surface area contributed by atoms with E-state index in [4.69, 9.17) is 0 Å². The first kappa shape index (κ1) is 15.5. The van der Waals surface area contributed by atoms with Crippen molar-refractivity contribution in [2.24, 2.45) is 4.99 Å². The van der Waals surface area contributed by atoms with Gasteiger partial charge in [-0.15, -0.1) is 0 Å². The van der Waals surface area contributed by atoms with E-state index in [2.05, 4.69) is 17.1 Å². The number of hydrogen-bond donors (Lipinski definition) is 1. The topological polar surface area (TPSA) is 49.7 Å². The van der Waals surface area contributed by atoms with Gasteiger partial charge in [-0.05, 0) is 31.7 Å². The third-order valence-electron chi connectivity index (χ3n) is 3.75. The largest absolute Gasteiger partial charge is 0.512 e. The van der Waals surface area contributed by atoms with Crippen molar-refractivity contribution in [2.45, 2.75) is 52.0 Å². The number of nitrogens with zero attached hydrogens (tertiary/aromatic N) is 1. The van der Waals surface area contributed by atoms with Gasteiger partial charge in [0.25, 0.3) is 0 Å². The molecule has 0 heterocycles. The summed E-state index contributed by atoms with van der Waals surface area (Å²) in [7, 11) is 0.